The summed E-state index contributed by atoms with van der Waals surface area (Å²) in [5, 5.41) is 3.81. The van der Waals surface area contributed by atoms with Gasteiger partial charge in [0.15, 0.2) is 0 Å². The van der Waals surface area contributed by atoms with Crippen molar-refractivity contribution < 1.29 is 22.8 Å². The van der Waals surface area contributed by atoms with E-state index in [1.165, 1.54) is 30.6 Å². The molecular formula is C30H47ClF3N3O2. The largest absolute Gasteiger partial charge is 0.401 e. The highest BCUT2D eigenvalue weighted by molar-refractivity contribution is 6.30. The highest BCUT2D eigenvalue weighted by atomic mass is 35.5. The molecule has 2 amide bonds. The number of benzene rings is 1. The quantitative estimate of drug-likeness (QED) is 0.393. The Kier molecular flexibility index (Phi) is 12.6. The highest BCUT2D eigenvalue weighted by Crippen LogP contribution is 2.35. The summed E-state index contributed by atoms with van der Waals surface area (Å²) >= 11 is 5.77. The number of nitrogens with one attached hydrogen (secondary N) is 1. The Bertz CT molecular complexity index is 884. The fraction of sp³-hybridized carbons (Fsp3) is 0.733. The van der Waals surface area contributed by atoms with Crippen molar-refractivity contribution in [1.82, 2.24) is 15.1 Å². The topological polar surface area (TPSA) is 52.7 Å². The van der Waals surface area contributed by atoms with E-state index < -0.39 is 12.7 Å². The molecule has 0 bridgehead atoms. The number of hydrogen-bond donors (Lipinski definition) is 1. The molecule has 1 N–H and O–H groups in total. The predicted molar refractivity (Wildman–Crippen MR) is 152 cm³/mol. The summed E-state index contributed by atoms with van der Waals surface area (Å²) in [6.45, 7) is 12.7. The number of carbonyl (C=O) groups is 2. The first kappa shape index (κ1) is 33.4. The van der Waals surface area contributed by atoms with Gasteiger partial charge in [-0.3, -0.25) is 14.5 Å². The Balaban J connectivity index is 0.000000222. The van der Waals surface area contributed by atoms with Gasteiger partial charge >= 0.3 is 6.18 Å². The van der Waals surface area contributed by atoms with Crippen LogP contribution >= 0.6 is 11.6 Å². The van der Waals surface area contributed by atoms with Gasteiger partial charge in [-0.15, -0.1) is 0 Å². The molecule has 2 saturated heterocycles. The van der Waals surface area contributed by atoms with Gasteiger partial charge < -0.3 is 10.2 Å². The number of halogens is 4. The van der Waals surface area contributed by atoms with Crippen LogP contribution in [-0.2, 0) is 9.59 Å². The second-order valence-electron chi connectivity index (χ2n) is 12.9. The Labute approximate surface area is 237 Å². The molecule has 1 aromatic carbocycles. The van der Waals surface area contributed by atoms with Crippen LogP contribution in [0.3, 0.4) is 0 Å². The van der Waals surface area contributed by atoms with Crippen LogP contribution in [0, 0.1) is 10.8 Å². The first-order valence-corrected chi connectivity index (χ1v) is 14.5. The van der Waals surface area contributed by atoms with Crippen LogP contribution in [0.4, 0.5) is 13.2 Å². The van der Waals surface area contributed by atoms with Gasteiger partial charge in [-0.25, -0.2) is 0 Å². The van der Waals surface area contributed by atoms with Crippen molar-refractivity contribution in [1.29, 1.82) is 0 Å². The van der Waals surface area contributed by atoms with Crippen molar-refractivity contribution in [2.75, 3.05) is 32.7 Å². The summed E-state index contributed by atoms with van der Waals surface area (Å²) in [5.41, 5.74) is 1.29. The fourth-order valence-corrected chi connectivity index (χ4v) is 5.16. The lowest BCUT2D eigenvalue weighted by Crippen LogP contribution is -2.44. The van der Waals surface area contributed by atoms with Gasteiger partial charge in [0.05, 0.1) is 6.54 Å². The van der Waals surface area contributed by atoms with Crippen LogP contribution in [0.1, 0.15) is 91.0 Å². The molecule has 1 atom stereocenters. The lowest BCUT2D eigenvalue weighted by atomic mass is 9.75. The number of hydrogen-bond acceptors (Lipinski definition) is 3. The molecule has 1 aromatic rings. The Morgan fingerprint density at radius 2 is 1.59 bits per heavy atom. The summed E-state index contributed by atoms with van der Waals surface area (Å²) in [6, 6.07) is 7.76. The van der Waals surface area contributed by atoms with Crippen LogP contribution < -0.4 is 5.32 Å². The van der Waals surface area contributed by atoms with Gasteiger partial charge in [0, 0.05) is 36.1 Å². The second kappa shape index (κ2) is 14.7. The van der Waals surface area contributed by atoms with E-state index in [-0.39, 0.29) is 17.2 Å². The maximum absolute atomic E-state index is 12.2. The van der Waals surface area contributed by atoms with E-state index in [4.69, 9.17) is 11.6 Å². The molecule has 3 aliphatic rings. The number of carbonyl (C=O) groups excluding carboxylic acids is 2. The third-order valence-corrected chi connectivity index (χ3v) is 7.91. The first-order chi connectivity index (χ1) is 18.1. The summed E-state index contributed by atoms with van der Waals surface area (Å²) in [5.74, 6) is 0.377. The van der Waals surface area contributed by atoms with E-state index >= 15 is 0 Å². The average Bonchev–Trinajstić information content (AvgIpc) is 3.52. The van der Waals surface area contributed by atoms with Crippen molar-refractivity contribution in [2.24, 2.45) is 10.8 Å². The molecule has 3 fully saturated rings. The van der Waals surface area contributed by atoms with Crippen LogP contribution in [0.5, 0.6) is 0 Å². The number of alkyl halides is 3. The average molecular weight is 574 g/mol. The summed E-state index contributed by atoms with van der Waals surface area (Å²) < 4.78 is 36.7. The number of likely N-dealkylation sites (tertiary alicyclic amines) is 2. The molecular weight excluding hydrogens is 527 g/mol. The minimum atomic E-state index is -4.10. The zero-order chi connectivity index (χ0) is 29.3. The lowest BCUT2D eigenvalue weighted by Gasteiger charge is -2.35. The molecule has 39 heavy (non-hydrogen) atoms. The maximum Gasteiger partial charge on any atom is 0.401 e. The Morgan fingerprint density at radius 3 is 2.05 bits per heavy atom. The standard InChI is InChI=1S/C13H25NO.C12H13ClF3N.C5H9NO/c1-12(2,3)11(15)14-10-6-8-13(4,5)9-7-10;13-11-3-1-9(2-4-11)10-5-6-17(7-10)8-12(14,15)16;7-5-6-3-1-2-4-6/h10H,6-9H2,1-5H3,(H,14,15);1-4,10H,5-8H2;5H,1-4H2. The lowest BCUT2D eigenvalue weighted by molar-refractivity contribution is -0.143. The molecule has 0 radical (unpaired) electrons. The molecule has 2 aliphatic heterocycles. The Hall–Kier alpha value is -1.80. The number of nitrogens with zero attached hydrogens (tertiary/aromatic N) is 2. The van der Waals surface area contributed by atoms with E-state index in [0.29, 0.717) is 29.6 Å². The monoisotopic (exact) mass is 573 g/mol. The third-order valence-electron chi connectivity index (χ3n) is 7.66. The zero-order valence-electron chi connectivity index (χ0n) is 24.2. The molecule has 1 aliphatic carbocycles. The molecule has 9 heteroatoms. The highest BCUT2D eigenvalue weighted by Gasteiger charge is 2.34. The van der Waals surface area contributed by atoms with Gasteiger partial charge in [0.1, 0.15) is 0 Å². The van der Waals surface area contributed by atoms with E-state index in [2.05, 4.69) is 19.2 Å². The van der Waals surface area contributed by atoms with Crippen molar-refractivity contribution in [3.05, 3.63) is 34.9 Å². The van der Waals surface area contributed by atoms with Crippen LogP contribution in [0.15, 0.2) is 24.3 Å². The van der Waals surface area contributed by atoms with E-state index in [9.17, 15) is 22.8 Å². The molecule has 5 nitrogen and oxygen atoms in total. The molecule has 1 unspecified atom stereocenters. The fourth-order valence-electron chi connectivity index (χ4n) is 5.03. The van der Waals surface area contributed by atoms with Gasteiger partial charge in [0.2, 0.25) is 12.3 Å². The SMILES string of the molecule is CC1(C)CCC(NC(=O)C(C)(C)C)CC1.FC(F)(F)CN1CCC(c2ccc(Cl)cc2)C1.O=CN1CCCC1. The molecule has 1 saturated carbocycles. The molecule has 2 heterocycles. The molecule has 0 aromatic heterocycles. The minimum Gasteiger partial charge on any atom is -0.353 e. The smallest absolute Gasteiger partial charge is 0.353 e. The van der Waals surface area contributed by atoms with E-state index in [1.807, 2.05) is 32.9 Å². The summed E-state index contributed by atoms with van der Waals surface area (Å²) in [4.78, 5) is 25.0. The van der Waals surface area contributed by atoms with E-state index in [0.717, 1.165) is 44.3 Å². The summed E-state index contributed by atoms with van der Waals surface area (Å²) in [6.07, 6.45) is 4.70. The van der Waals surface area contributed by atoms with Crippen LogP contribution in [0.2, 0.25) is 5.02 Å². The van der Waals surface area contributed by atoms with Gasteiger partial charge in [-0.1, -0.05) is 58.4 Å². The van der Waals surface area contributed by atoms with Crippen molar-refractivity contribution >= 4 is 23.9 Å². The predicted octanol–water partition coefficient (Wildman–Crippen LogP) is 7.05. The summed E-state index contributed by atoms with van der Waals surface area (Å²) in [7, 11) is 0. The normalized spacial score (nSPS) is 21.9. The molecule has 4 rings (SSSR count). The number of amides is 2. The van der Waals surface area contributed by atoms with Crippen molar-refractivity contribution in [3.8, 4) is 0 Å². The maximum atomic E-state index is 12.2. The first-order valence-electron chi connectivity index (χ1n) is 14.1. The third kappa shape index (κ3) is 12.9. The van der Waals surface area contributed by atoms with Crippen LogP contribution in [-0.4, -0.2) is 67.1 Å². The zero-order valence-corrected chi connectivity index (χ0v) is 25.0. The molecule has 222 valence electrons. The van der Waals surface area contributed by atoms with Crippen molar-refractivity contribution in [2.45, 2.75) is 97.7 Å². The van der Waals surface area contributed by atoms with Gasteiger partial charge in [-0.2, -0.15) is 13.2 Å². The van der Waals surface area contributed by atoms with Crippen LogP contribution in [0.25, 0.3) is 0 Å². The number of rotatable bonds is 4. The van der Waals surface area contributed by atoms with E-state index in [1.54, 1.807) is 17.0 Å². The molecule has 0 spiro atoms. The van der Waals surface area contributed by atoms with Gasteiger partial charge in [0.25, 0.3) is 0 Å². The second-order valence-corrected chi connectivity index (χ2v) is 13.3. The Morgan fingerprint density at radius 1 is 1.03 bits per heavy atom. The minimum absolute atomic E-state index is 0.187. The van der Waals surface area contributed by atoms with Crippen molar-refractivity contribution in [3.63, 3.8) is 0 Å². The van der Waals surface area contributed by atoms with Gasteiger partial charge in [-0.05, 0) is 80.5 Å².